The van der Waals surface area contributed by atoms with Gasteiger partial charge in [-0.25, -0.2) is 0 Å². The number of esters is 1. The zero-order valence-corrected chi connectivity index (χ0v) is 52.9. The highest BCUT2D eigenvalue weighted by Crippen LogP contribution is 2.38. The number of carbonyl (C=O) groups is 2. The van der Waals surface area contributed by atoms with Crippen molar-refractivity contribution in [1.82, 2.24) is 5.32 Å². The Morgan fingerprint density at radius 3 is 1.24 bits per heavy atom. The van der Waals surface area contributed by atoms with Gasteiger partial charge in [0.2, 0.25) is 5.91 Å². The second-order valence-corrected chi connectivity index (χ2v) is 24.3. The Labute approximate surface area is 488 Å². The van der Waals surface area contributed by atoms with Gasteiger partial charge in [0, 0.05) is 12.8 Å². The van der Waals surface area contributed by atoms with E-state index in [9.17, 15) is 19.0 Å². The molecule has 0 aliphatic carbocycles. The predicted molar refractivity (Wildman–Crippen MR) is 339 cm³/mol. The first kappa shape index (κ1) is 75.9. The molecule has 0 spiro atoms. The number of rotatable bonds is 58. The minimum atomic E-state index is -4.72. The number of unbranched alkanes of at least 4 members (excludes halogenated alkanes) is 28. The summed E-state index contributed by atoms with van der Waals surface area (Å²) in [6.45, 7) is 6.67. The molecule has 3 unspecified atom stereocenters. The molecule has 0 aromatic rings. The molecule has 0 aromatic carbocycles. The normalized spacial score (nSPS) is 14.3. The number of quaternary nitrogens is 1. The van der Waals surface area contributed by atoms with Gasteiger partial charge in [-0.05, 0) is 96.0 Å². The molecule has 1 N–H and O–H groups in total. The van der Waals surface area contributed by atoms with Crippen molar-refractivity contribution in [3.05, 3.63) is 97.2 Å². The zero-order valence-electron chi connectivity index (χ0n) is 52.1. The maximum absolute atomic E-state index is 13.5. The van der Waals surface area contributed by atoms with E-state index >= 15 is 0 Å². The Bertz CT molecular complexity index is 1670. The van der Waals surface area contributed by atoms with Crippen molar-refractivity contribution < 1.29 is 37.3 Å². The van der Waals surface area contributed by atoms with Crippen LogP contribution in [0.15, 0.2) is 97.2 Å². The molecule has 0 radical (unpaired) electrons. The number of likely N-dealkylation sites (N-methyl/N-ethyl adjacent to an activating group) is 1. The van der Waals surface area contributed by atoms with Crippen LogP contribution in [0.3, 0.4) is 0 Å². The van der Waals surface area contributed by atoms with E-state index in [1.165, 1.54) is 161 Å². The van der Waals surface area contributed by atoms with Gasteiger partial charge in [0.1, 0.15) is 19.3 Å². The number of nitrogens with one attached hydrogen (secondary N) is 1. The standard InChI is InChI=1S/C69H123N2O7P/c1-7-10-13-16-19-22-25-27-29-31-33-34-35-36-38-40-42-44-47-50-53-56-59-62-69(73)78-67(60-57-54-51-48-45-24-21-18-15-12-9-3)66(65-77-79(74,75)76-64-63-71(4,5)6)70-68(72)61-58-55-52-49-46-43-41-39-37-32-30-28-26-23-20-17-14-11-8-2/h11,14,20,23,27-30,37,39,43,46,52,55,57,60,66-67H,7-10,12-13,15-19,21-22,24-26,31-36,38,40-42,44-45,47-51,53-54,56,58-59,61-65H2,1-6H3,(H-,70,72,74,75)/b14-11-,23-20-,29-27+,30-28-,39-37-,46-43-,55-52-,60-57+. The third-order valence-corrected chi connectivity index (χ3v) is 15.0. The van der Waals surface area contributed by atoms with E-state index in [1.54, 1.807) is 0 Å². The number of amides is 1. The van der Waals surface area contributed by atoms with Crippen LogP contribution in [-0.4, -0.2) is 69.4 Å². The Balaban J connectivity index is 5.22. The molecular weight excluding hydrogens is 1000 g/mol. The van der Waals surface area contributed by atoms with Crippen LogP contribution in [0.1, 0.15) is 278 Å². The molecule has 9 nitrogen and oxygen atoms in total. The molecular formula is C69H123N2O7P. The lowest BCUT2D eigenvalue weighted by Crippen LogP contribution is -2.47. The number of carbonyl (C=O) groups excluding carboxylic acids is 2. The van der Waals surface area contributed by atoms with Crippen molar-refractivity contribution in [2.45, 2.75) is 290 Å². The van der Waals surface area contributed by atoms with Gasteiger partial charge in [-0.15, -0.1) is 0 Å². The molecule has 0 saturated heterocycles. The number of allylic oxidation sites excluding steroid dienone is 15. The molecule has 0 heterocycles. The summed E-state index contributed by atoms with van der Waals surface area (Å²) in [7, 11) is 1.13. The van der Waals surface area contributed by atoms with Gasteiger partial charge in [0.05, 0.1) is 33.8 Å². The van der Waals surface area contributed by atoms with Crippen molar-refractivity contribution in [2.24, 2.45) is 0 Å². The topological polar surface area (TPSA) is 114 Å². The van der Waals surface area contributed by atoms with Crippen LogP contribution in [-0.2, 0) is 27.9 Å². The van der Waals surface area contributed by atoms with Crippen LogP contribution in [0.5, 0.6) is 0 Å². The molecule has 456 valence electrons. The Kier molecular flexibility index (Phi) is 55.9. The number of nitrogens with zero attached hydrogens (tertiary/aromatic N) is 1. The molecule has 0 bridgehead atoms. The van der Waals surface area contributed by atoms with Crippen LogP contribution in [0.25, 0.3) is 0 Å². The molecule has 79 heavy (non-hydrogen) atoms. The number of phosphoric ester groups is 1. The summed E-state index contributed by atoms with van der Waals surface area (Å²) in [5.41, 5.74) is 0. The Hall–Kier alpha value is -3.07. The van der Waals surface area contributed by atoms with Crippen molar-refractivity contribution in [1.29, 1.82) is 0 Å². The van der Waals surface area contributed by atoms with E-state index in [0.717, 1.165) is 77.0 Å². The third kappa shape index (κ3) is 59.4. The largest absolute Gasteiger partial charge is 0.756 e. The monoisotopic (exact) mass is 1120 g/mol. The highest BCUT2D eigenvalue weighted by Gasteiger charge is 2.27. The molecule has 1 amide bonds. The lowest BCUT2D eigenvalue weighted by molar-refractivity contribution is -0.870. The summed E-state index contributed by atoms with van der Waals surface area (Å²) in [6, 6.07) is -0.933. The summed E-state index contributed by atoms with van der Waals surface area (Å²) in [5.74, 6) is -0.639. The van der Waals surface area contributed by atoms with Gasteiger partial charge >= 0.3 is 5.97 Å². The first-order valence-electron chi connectivity index (χ1n) is 32.5. The lowest BCUT2D eigenvalue weighted by atomic mass is 10.0. The van der Waals surface area contributed by atoms with E-state index in [-0.39, 0.29) is 31.3 Å². The zero-order chi connectivity index (χ0) is 57.9. The molecule has 0 rings (SSSR count). The van der Waals surface area contributed by atoms with Crippen molar-refractivity contribution >= 4 is 19.7 Å². The SMILES string of the molecule is CC/C=C\C/C=C\C/C=C\C/C=C\C/C=C\C/C=C\CCC(=O)NC(COP(=O)([O-])OCC[N+](C)(C)C)C(/C=C/CCCCCCCCCCC)OC(=O)CCCCCCCCCCCCCCC/C=C/CCCCCCCC. The molecule has 0 saturated carbocycles. The molecule has 0 aliphatic rings. The summed E-state index contributed by atoms with van der Waals surface area (Å²) in [4.78, 5) is 40.0. The maximum Gasteiger partial charge on any atom is 0.306 e. The minimum absolute atomic E-state index is 0.0394. The van der Waals surface area contributed by atoms with Crippen molar-refractivity contribution in [3.8, 4) is 0 Å². The van der Waals surface area contributed by atoms with Crippen LogP contribution < -0.4 is 10.2 Å². The Morgan fingerprint density at radius 1 is 0.456 bits per heavy atom. The fourth-order valence-corrected chi connectivity index (χ4v) is 9.73. The minimum Gasteiger partial charge on any atom is -0.756 e. The number of phosphoric acid groups is 1. The second kappa shape index (κ2) is 58.1. The summed E-state index contributed by atoms with van der Waals surface area (Å²) in [5, 5.41) is 2.98. The van der Waals surface area contributed by atoms with Gasteiger partial charge in [-0.2, -0.15) is 0 Å². The summed E-state index contributed by atoms with van der Waals surface area (Å²) >= 11 is 0. The fraction of sp³-hybridized carbons (Fsp3) is 0.739. The van der Waals surface area contributed by atoms with Crippen LogP contribution in [0.2, 0.25) is 0 Å². The van der Waals surface area contributed by atoms with Crippen LogP contribution in [0, 0.1) is 0 Å². The van der Waals surface area contributed by atoms with Gasteiger partial charge in [-0.3, -0.25) is 14.2 Å². The maximum atomic E-state index is 13.5. The second-order valence-electron chi connectivity index (χ2n) is 22.9. The highest BCUT2D eigenvalue weighted by atomic mass is 31.2. The molecule has 0 aromatic heterocycles. The highest BCUT2D eigenvalue weighted by molar-refractivity contribution is 7.45. The van der Waals surface area contributed by atoms with Gasteiger partial charge in [-0.1, -0.05) is 266 Å². The average molecular weight is 1120 g/mol. The molecule has 10 heteroatoms. The van der Waals surface area contributed by atoms with Crippen molar-refractivity contribution in [3.63, 3.8) is 0 Å². The van der Waals surface area contributed by atoms with E-state index in [0.29, 0.717) is 17.4 Å². The molecule has 0 fully saturated rings. The van der Waals surface area contributed by atoms with Crippen molar-refractivity contribution in [2.75, 3.05) is 40.9 Å². The Morgan fingerprint density at radius 2 is 0.823 bits per heavy atom. The predicted octanol–water partition coefficient (Wildman–Crippen LogP) is 19.7. The van der Waals surface area contributed by atoms with Crippen LogP contribution in [0.4, 0.5) is 0 Å². The van der Waals surface area contributed by atoms with Crippen LogP contribution >= 0.6 is 7.82 Å². The van der Waals surface area contributed by atoms with Gasteiger partial charge in [0.15, 0.2) is 0 Å². The molecule has 0 aliphatic heterocycles. The van der Waals surface area contributed by atoms with Gasteiger partial charge < -0.3 is 28.5 Å². The summed E-state index contributed by atoms with van der Waals surface area (Å²) in [6.07, 6.45) is 78.3. The van der Waals surface area contributed by atoms with Gasteiger partial charge in [0.25, 0.3) is 7.82 Å². The first-order chi connectivity index (χ1) is 38.4. The lowest BCUT2D eigenvalue weighted by Gasteiger charge is -2.30. The summed E-state index contributed by atoms with van der Waals surface area (Å²) < 4.78 is 30.3. The molecule has 3 atom stereocenters. The number of hydrogen-bond donors (Lipinski definition) is 1. The number of ether oxygens (including phenoxy) is 1. The van der Waals surface area contributed by atoms with E-state index in [4.69, 9.17) is 13.8 Å². The van der Waals surface area contributed by atoms with E-state index < -0.39 is 26.6 Å². The number of hydrogen-bond acceptors (Lipinski definition) is 7. The average Bonchev–Trinajstić information content (AvgIpc) is 3.41. The van der Waals surface area contributed by atoms with E-state index in [1.807, 2.05) is 45.4 Å². The fourth-order valence-electron chi connectivity index (χ4n) is 9.01. The first-order valence-corrected chi connectivity index (χ1v) is 34.0. The smallest absolute Gasteiger partial charge is 0.306 e. The quantitative estimate of drug-likeness (QED) is 0.0212. The third-order valence-electron chi connectivity index (χ3n) is 14.0. The van der Waals surface area contributed by atoms with E-state index in [2.05, 4.69) is 99.0 Å².